The maximum absolute atomic E-state index is 10.3. The zero-order valence-electron chi connectivity index (χ0n) is 15.6. The lowest BCUT2D eigenvalue weighted by molar-refractivity contribution is -0.0982. The number of hydrogen-bond acceptors (Lipinski definition) is 5. The van der Waals surface area contributed by atoms with E-state index in [1.807, 2.05) is 0 Å². The Kier molecular flexibility index (Phi) is 5.88. The quantitative estimate of drug-likeness (QED) is 0.673. The van der Waals surface area contributed by atoms with Crippen molar-refractivity contribution in [2.45, 2.75) is 52.4 Å². The molecule has 0 bridgehead atoms. The SMILES string of the molecule is Cc1ccc(CNc2ccc(B(O)OC(C)(C)C(C)(C)O)cn2)cc1. The molecule has 0 saturated carbocycles. The third-order valence-electron chi connectivity index (χ3n) is 4.55. The Hall–Kier alpha value is -1.89. The minimum atomic E-state index is -1.15. The lowest BCUT2D eigenvalue weighted by atomic mass is 9.77. The average molecular weight is 342 g/mol. The van der Waals surface area contributed by atoms with Gasteiger partial charge in [0.25, 0.3) is 0 Å². The summed E-state index contributed by atoms with van der Waals surface area (Å²) in [5, 5.41) is 23.6. The summed E-state index contributed by atoms with van der Waals surface area (Å²) in [7, 11) is -1.15. The molecular formula is C19H27BN2O3. The summed E-state index contributed by atoms with van der Waals surface area (Å²) in [6.45, 7) is 9.51. The van der Waals surface area contributed by atoms with Gasteiger partial charge in [-0.25, -0.2) is 4.98 Å². The van der Waals surface area contributed by atoms with Crippen molar-refractivity contribution in [1.29, 1.82) is 0 Å². The van der Waals surface area contributed by atoms with Crippen LogP contribution < -0.4 is 10.8 Å². The number of hydrogen-bond donors (Lipinski definition) is 3. The largest absolute Gasteiger partial charge is 0.493 e. The van der Waals surface area contributed by atoms with Crippen molar-refractivity contribution in [2.75, 3.05) is 5.32 Å². The van der Waals surface area contributed by atoms with Crippen LogP contribution in [0.5, 0.6) is 0 Å². The van der Waals surface area contributed by atoms with E-state index in [-0.39, 0.29) is 0 Å². The number of nitrogens with one attached hydrogen (secondary N) is 1. The molecule has 0 saturated heterocycles. The van der Waals surface area contributed by atoms with E-state index in [0.717, 1.165) is 5.82 Å². The molecule has 0 amide bonds. The fourth-order valence-electron chi connectivity index (χ4n) is 2.05. The fraction of sp³-hybridized carbons (Fsp3) is 0.421. The molecule has 1 aromatic carbocycles. The Balaban J connectivity index is 1.96. The van der Waals surface area contributed by atoms with Crippen molar-refractivity contribution in [3.05, 3.63) is 53.7 Å². The first-order valence-electron chi connectivity index (χ1n) is 8.42. The molecule has 0 aliphatic heterocycles. The summed E-state index contributed by atoms with van der Waals surface area (Å²) < 4.78 is 5.61. The van der Waals surface area contributed by atoms with Gasteiger partial charge in [0.1, 0.15) is 5.82 Å². The minimum Gasteiger partial charge on any atom is -0.423 e. The summed E-state index contributed by atoms with van der Waals surface area (Å²) in [5.74, 6) is 0.721. The molecule has 0 spiro atoms. The molecule has 5 nitrogen and oxygen atoms in total. The molecular weight excluding hydrogens is 315 g/mol. The van der Waals surface area contributed by atoms with Gasteiger partial charge in [0.15, 0.2) is 0 Å². The van der Waals surface area contributed by atoms with E-state index in [1.165, 1.54) is 11.1 Å². The smallest absolute Gasteiger partial charge is 0.423 e. The van der Waals surface area contributed by atoms with E-state index < -0.39 is 18.3 Å². The van der Waals surface area contributed by atoms with Crippen molar-refractivity contribution in [3.8, 4) is 0 Å². The van der Waals surface area contributed by atoms with Gasteiger partial charge in [-0.1, -0.05) is 35.9 Å². The van der Waals surface area contributed by atoms with Crippen molar-refractivity contribution >= 4 is 18.4 Å². The second kappa shape index (κ2) is 7.56. The molecule has 0 aliphatic rings. The van der Waals surface area contributed by atoms with E-state index in [1.54, 1.807) is 46.0 Å². The van der Waals surface area contributed by atoms with Crippen LogP contribution in [0.2, 0.25) is 0 Å². The standard InChI is InChI=1S/C19H27BN2O3/c1-14-6-8-15(9-7-14)12-21-17-11-10-16(13-22-17)20(24)25-19(4,5)18(2,3)23/h6-11,13,23-24H,12H2,1-5H3,(H,21,22). The summed E-state index contributed by atoms with van der Waals surface area (Å²) in [6.07, 6.45) is 1.57. The normalized spacial score (nSPS) is 12.1. The number of aryl methyl sites for hydroxylation is 1. The predicted molar refractivity (Wildman–Crippen MR) is 102 cm³/mol. The highest BCUT2D eigenvalue weighted by molar-refractivity contribution is 6.60. The van der Waals surface area contributed by atoms with Gasteiger partial charge in [-0.3, -0.25) is 0 Å². The summed E-state index contributed by atoms with van der Waals surface area (Å²) in [6, 6.07) is 11.9. The Bertz CT molecular complexity index is 679. The van der Waals surface area contributed by atoms with Gasteiger partial charge < -0.3 is 20.1 Å². The van der Waals surface area contributed by atoms with Crippen molar-refractivity contribution in [1.82, 2.24) is 4.98 Å². The molecule has 2 rings (SSSR count). The molecule has 0 aliphatic carbocycles. The average Bonchev–Trinajstić information content (AvgIpc) is 2.53. The highest BCUT2D eigenvalue weighted by Crippen LogP contribution is 2.25. The minimum absolute atomic E-state index is 0.540. The van der Waals surface area contributed by atoms with Gasteiger partial charge in [0, 0.05) is 18.2 Å². The lowest BCUT2D eigenvalue weighted by Gasteiger charge is -2.38. The molecule has 0 radical (unpaired) electrons. The van der Waals surface area contributed by atoms with E-state index in [2.05, 4.69) is 41.5 Å². The van der Waals surface area contributed by atoms with E-state index >= 15 is 0 Å². The third-order valence-corrected chi connectivity index (χ3v) is 4.55. The zero-order valence-corrected chi connectivity index (χ0v) is 15.6. The van der Waals surface area contributed by atoms with Crippen LogP contribution in [0.4, 0.5) is 5.82 Å². The highest BCUT2D eigenvalue weighted by Gasteiger charge is 2.39. The first-order valence-corrected chi connectivity index (χ1v) is 8.42. The molecule has 134 valence electrons. The van der Waals surface area contributed by atoms with Gasteiger partial charge in [0.2, 0.25) is 0 Å². The van der Waals surface area contributed by atoms with Crippen LogP contribution in [0.1, 0.15) is 38.8 Å². The summed E-state index contributed by atoms with van der Waals surface area (Å²) in [5.41, 5.74) is 0.949. The van der Waals surface area contributed by atoms with Gasteiger partial charge in [-0.15, -0.1) is 0 Å². The number of aromatic nitrogens is 1. The number of rotatable bonds is 7. The molecule has 0 atom stereocenters. The van der Waals surface area contributed by atoms with Crippen molar-refractivity contribution < 1.29 is 14.8 Å². The van der Waals surface area contributed by atoms with Crippen molar-refractivity contribution in [3.63, 3.8) is 0 Å². The Labute approximate surface area is 150 Å². The first-order chi connectivity index (χ1) is 11.6. The second-order valence-corrected chi connectivity index (χ2v) is 7.36. The monoisotopic (exact) mass is 342 g/mol. The lowest BCUT2D eigenvalue weighted by Crippen LogP contribution is -2.53. The van der Waals surface area contributed by atoms with Crippen LogP contribution in [0.25, 0.3) is 0 Å². The molecule has 0 fully saturated rings. The predicted octanol–water partition coefficient (Wildman–Crippen LogP) is 2.26. The van der Waals surface area contributed by atoms with E-state index in [0.29, 0.717) is 12.0 Å². The fourth-order valence-corrected chi connectivity index (χ4v) is 2.05. The van der Waals surface area contributed by atoms with E-state index in [9.17, 15) is 10.1 Å². The number of benzene rings is 1. The molecule has 1 aromatic heterocycles. The molecule has 2 aromatic rings. The molecule has 25 heavy (non-hydrogen) atoms. The Morgan fingerprint density at radius 2 is 1.72 bits per heavy atom. The molecule has 3 N–H and O–H groups in total. The van der Waals surface area contributed by atoms with Crippen LogP contribution in [-0.2, 0) is 11.2 Å². The molecule has 0 unspecified atom stereocenters. The maximum atomic E-state index is 10.3. The highest BCUT2D eigenvalue weighted by atomic mass is 16.5. The summed E-state index contributed by atoms with van der Waals surface area (Å²) >= 11 is 0. The molecule has 1 heterocycles. The topological polar surface area (TPSA) is 74.6 Å². The summed E-state index contributed by atoms with van der Waals surface area (Å²) in [4.78, 5) is 4.31. The second-order valence-electron chi connectivity index (χ2n) is 7.36. The van der Waals surface area contributed by atoms with Gasteiger partial charge in [-0.2, -0.15) is 0 Å². The van der Waals surface area contributed by atoms with Crippen LogP contribution in [0, 0.1) is 6.92 Å². The van der Waals surface area contributed by atoms with Gasteiger partial charge in [-0.05, 0) is 46.2 Å². The van der Waals surface area contributed by atoms with Gasteiger partial charge >= 0.3 is 7.12 Å². The maximum Gasteiger partial charge on any atom is 0.493 e. The third kappa shape index (κ3) is 5.29. The van der Waals surface area contributed by atoms with Crippen LogP contribution in [0.3, 0.4) is 0 Å². The Morgan fingerprint density at radius 1 is 1.08 bits per heavy atom. The van der Waals surface area contributed by atoms with Crippen LogP contribution in [0.15, 0.2) is 42.6 Å². The van der Waals surface area contributed by atoms with Crippen LogP contribution >= 0.6 is 0 Å². The molecule has 6 heteroatoms. The number of aliphatic hydroxyl groups is 1. The number of nitrogens with zero attached hydrogens (tertiary/aromatic N) is 1. The Morgan fingerprint density at radius 3 is 2.24 bits per heavy atom. The van der Waals surface area contributed by atoms with Crippen molar-refractivity contribution in [2.24, 2.45) is 0 Å². The number of pyridine rings is 1. The number of anilines is 1. The zero-order chi connectivity index (χ0) is 18.7. The van der Waals surface area contributed by atoms with Crippen LogP contribution in [-0.4, -0.2) is 33.4 Å². The van der Waals surface area contributed by atoms with E-state index in [4.69, 9.17) is 4.65 Å². The first kappa shape index (κ1) is 19.4. The van der Waals surface area contributed by atoms with Gasteiger partial charge in [0.05, 0.1) is 11.2 Å².